The number of piperidine rings is 1. The number of fused-ring (bicyclic) bond motifs is 1. The van der Waals surface area contributed by atoms with E-state index in [4.69, 9.17) is 9.37 Å². The minimum Gasteiger partial charge on any atom is -0.497 e. The zero-order valence-electron chi connectivity index (χ0n) is 17.6. The average molecular weight is 409 g/mol. The van der Waals surface area contributed by atoms with E-state index in [1.165, 1.54) is 12.0 Å². The van der Waals surface area contributed by atoms with E-state index in [1.54, 1.807) is 7.11 Å². The predicted octanol–water partition coefficient (Wildman–Crippen LogP) is 4.17. The molecule has 0 saturated carbocycles. The number of amides is 1. The first kappa shape index (κ1) is 20.3. The summed E-state index contributed by atoms with van der Waals surface area (Å²) in [6.45, 7) is 4.97. The number of nitrogens with zero attached hydrogens (tertiary/aromatic N) is 3. The van der Waals surface area contributed by atoms with E-state index in [1.807, 2.05) is 37.3 Å². The lowest BCUT2D eigenvalue weighted by Crippen LogP contribution is -2.35. The molecule has 1 fully saturated rings. The number of likely N-dealkylation sites (tertiary alicyclic amines) is 1. The molecule has 7 heteroatoms. The van der Waals surface area contributed by atoms with Gasteiger partial charge in [-0.05, 0) is 90.4 Å². The van der Waals surface area contributed by atoms with Gasteiger partial charge in [-0.2, -0.15) is 0 Å². The fourth-order valence-corrected chi connectivity index (χ4v) is 4.17. The molecule has 0 bridgehead atoms. The Kier molecular flexibility index (Phi) is 6.28. The van der Waals surface area contributed by atoms with Crippen LogP contribution in [0.5, 0.6) is 5.75 Å². The average Bonchev–Trinajstić information content (AvgIpc) is 3.22. The van der Waals surface area contributed by atoms with Crippen molar-refractivity contribution in [3.8, 4) is 5.75 Å². The molecule has 0 radical (unpaired) electrons. The lowest BCUT2D eigenvalue weighted by Gasteiger charge is -2.32. The molecule has 7 nitrogen and oxygen atoms in total. The number of ether oxygens (including phenoxy) is 1. The second-order valence-corrected chi connectivity index (χ2v) is 8.10. The van der Waals surface area contributed by atoms with Gasteiger partial charge >= 0.3 is 0 Å². The normalized spacial score (nSPS) is 17.2. The van der Waals surface area contributed by atoms with Crippen molar-refractivity contribution >= 4 is 22.6 Å². The van der Waals surface area contributed by atoms with E-state index in [0.29, 0.717) is 12.3 Å². The SMILES string of the molecule is COc1ccc(NC(=O)CCC2CCCN(Cc3ccc4nonc4c3)C2)c(C)c1. The van der Waals surface area contributed by atoms with Crippen molar-refractivity contribution < 1.29 is 14.2 Å². The maximum atomic E-state index is 12.5. The zero-order valence-corrected chi connectivity index (χ0v) is 17.6. The van der Waals surface area contributed by atoms with E-state index in [0.717, 1.165) is 60.5 Å². The van der Waals surface area contributed by atoms with Crippen LogP contribution in [0.1, 0.15) is 36.8 Å². The van der Waals surface area contributed by atoms with Gasteiger partial charge in [-0.3, -0.25) is 9.69 Å². The van der Waals surface area contributed by atoms with Gasteiger partial charge in [-0.25, -0.2) is 4.63 Å². The van der Waals surface area contributed by atoms with Gasteiger partial charge in [-0.15, -0.1) is 0 Å². The molecule has 0 spiro atoms. The van der Waals surface area contributed by atoms with Crippen molar-refractivity contribution in [1.82, 2.24) is 15.2 Å². The van der Waals surface area contributed by atoms with Gasteiger partial charge in [0.15, 0.2) is 0 Å². The zero-order chi connectivity index (χ0) is 20.9. The van der Waals surface area contributed by atoms with Crippen LogP contribution in [0.3, 0.4) is 0 Å². The standard InChI is InChI=1S/C23H28N4O3/c1-16-12-19(29-2)7-9-20(16)24-23(28)10-6-17-4-3-11-27(14-17)15-18-5-8-21-22(13-18)26-30-25-21/h5,7-9,12-13,17H,3-4,6,10-11,14-15H2,1-2H3,(H,24,28). The van der Waals surface area contributed by atoms with Crippen molar-refractivity contribution in [3.63, 3.8) is 0 Å². The Bertz CT molecular complexity index is 1020. The summed E-state index contributed by atoms with van der Waals surface area (Å²) in [7, 11) is 1.64. The molecule has 30 heavy (non-hydrogen) atoms. The van der Waals surface area contributed by atoms with Crippen molar-refractivity contribution in [2.75, 3.05) is 25.5 Å². The molecule has 3 aromatic rings. The number of carbonyl (C=O) groups excluding carboxylic acids is 1. The van der Waals surface area contributed by atoms with Crippen molar-refractivity contribution in [1.29, 1.82) is 0 Å². The molecule has 1 saturated heterocycles. The highest BCUT2D eigenvalue weighted by molar-refractivity contribution is 5.91. The molecule has 1 aliphatic rings. The van der Waals surface area contributed by atoms with Crippen LogP contribution in [-0.4, -0.2) is 41.3 Å². The monoisotopic (exact) mass is 408 g/mol. The number of rotatable bonds is 7. The first-order valence-electron chi connectivity index (χ1n) is 10.5. The van der Waals surface area contributed by atoms with Gasteiger partial charge in [0.1, 0.15) is 16.8 Å². The van der Waals surface area contributed by atoms with Crippen LogP contribution < -0.4 is 10.1 Å². The summed E-state index contributed by atoms with van der Waals surface area (Å²) in [5.41, 5.74) is 4.65. The summed E-state index contributed by atoms with van der Waals surface area (Å²) < 4.78 is 10.0. The highest BCUT2D eigenvalue weighted by atomic mass is 16.6. The van der Waals surface area contributed by atoms with E-state index in [-0.39, 0.29) is 5.91 Å². The van der Waals surface area contributed by atoms with E-state index >= 15 is 0 Å². The summed E-state index contributed by atoms with van der Waals surface area (Å²) >= 11 is 0. The van der Waals surface area contributed by atoms with E-state index in [9.17, 15) is 4.79 Å². The van der Waals surface area contributed by atoms with Crippen molar-refractivity contribution in [3.05, 3.63) is 47.5 Å². The van der Waals surface area contributed by atoms with Crippen LogP contribution in [0.25, 0.3) is 11.0 Å². The highest BCUT2D eigenvalue weighted by Gasteiger charge is 2.21. The second-order valence-electron chi connectivity index (χ2n) is 8.10. The van der Waals surface area contributed by atoms with Crippen LogP contribution in [0.4, 0.5) is 5.69 Å². The van der Waals surface area contributed by atoms with Gasteiger partial charge in [0.25, 0.3) is 0 Å². The Morgan fingerprint density at radius 3 is 2.93 bits per heavy atom. The number of carbonyl (C=O) groups is 1. The molecule has 1 aromatic heterocycles. The smallest absolute Gasteiger partial charge is 0.224 e. The molecule has 2 aromatic carbocycles. The van der Waals surface area contributed by atoms with Crippen LogP contribution >= 0.6 is 0 Å². The number of hydrogen-bond donors (Lipinski definition) is 1. The number of benzene rings is 2. The molecular weight excluding hydrogens is 380 g/mol. The third-order valence-corrected chi connectivity index (χ3v) is 5.81. The lowest BCUT2D eigenvalue weighted by molar-refractivity contribution is -0.116. The topological polar surface area (TPSA) is 80.5 Å². The molecule has 0 aliphatic carbocycles. The number of nitrogens with one attached hydrogen (secondary N) is 1. The molecule has 1 aliphatic heterocycles. The molecule has 1 amide bonds. The summed E-state index contributed by atoms with van der Waals surface area (Å²) in [5.74, 6) is 1.41. The predicted molar refractivity (Wildman–Crippen MR) is 115 cm³/mol. The Morgan fingerprint density at radius 1 is 1.23 bits per heavy atom. The summed E-state index contributed by atoms with van der Waals surface area (Å²) in [6, 6.07) is 11.8. The largest absolute Gasteiger partial charge is 0.497 e. The van der Waals surface area contributed by atoms with Crippen molar-refractivity contribution in [2.45, 2.75) is 39.2 Å². The van der Waals surface area contributed by atoms with Crippen molar-refractivity contribution in [2.24, 2.45) is 5.92 Å². The quantitative estimate of drug-likeness (QED) is 0.632. The third-order valence-electron chi connectivity index (χ3n) is 5.81. The molecule has 1 N–H and O–H groups in total. The lowest BCUT2D eigenvalue weighted by atomic mass is 9.93. The summed E-state index contributed by atoms with van der Waals surface area (Å²) in [6.07, 6.45) is 3.79. The van der Waals surface area contributed by atoms with E-state index < -0.39 is 0 Å². The fraction of sp³-hybridized carbons (Fsp3) is 0.435. The molecular formula is C23H28N4O3. The minimum atomic E-state index is 0.0735. The summed E-state index contributed by atoms with van der Waals surface area (Å²) in [4.78, 5) is 14.9. The molecule has 2 heterocycles. The maximum absolute atomic E-state index is 12.5. The fourth-order valence-electron chi connectivity index (χ4n) is 4.17. The van der Waals surface area contributed by atoms with Gasteiger partial charge < -0.3 is 10.1 Å². The molecule has 158 valence electrons. The van der Waals surface area contributed by atoms with E-state index in [2.05, 4.69) is 26.6 Å². The Hall–Kier alpha value is -2.93. The number of aryl methyl sites for hydroxylation is 1. The van der Waals surface area contributed by atoms with Crippen LogP contribution in [0.2, 0.25) is 0 Å². The molecule has 4 rings (SSSR count). The summed E-state index contributed by atoms with van der Waals surface area (Å²) in [5, 5.41) is 10.8. The van der Waals surface area contributed by atoms with Crippen LogP contribution in [-0.2, 0) is 11.3 Å². The first-order chi connectivity index (χ1) is 14.6. The van der Waals surface area contributed by atoms with Gasteiger partial charge in [0, 0.05) is 25.2 Å². The first-order valence-corrected chi connectivity index (χ1v) is 10.5. The maximum Gasteiger partial charge on any atom is 0.224 e. The van der Waals surface area contributed by atoms with Gasteiger partial charge in [0.05, 0.1) is 7.11 Å². The number of methoxy groups -OCH3 is 1. The minimum absolute atomic E-state index is 0.0735. The third kappa shape index (κ3) is 4.97. The van der Waals surface area contributed by atoms with Gasteiger partial charge in [0.2, 0.25) is 5.91 Å². The molecule has 1 atom stereocenters. The number of hydrogen-bond acceptors (Lipinski definition) is 6. The highest BCUT2D eigenvalue weighted by Crippen LogP contribution is 2.25. The Balaban J connectivity index is 1.27. The number of aromatic nitrogens is 2. The Labute approximate surface area is 176 Å². The molecule has 1 unspecified atom stereocenters. The second kappa shape index (κ2) is 9.26. The Morgan fingerprint density at radius 2 is 2.10 bits per heavy atom. The van der Waals surface area contributed by atoms with Crippen LogP contribution in [0.15, 0.2) is 41.0 Å². The van der Waals surface area contributed by atoms with Crippen LogP contribution in [0, 0.1) is 12.8 Å². The van der Waals surface area contributed by atoms with Gasteiger partial charge in [-0.1, -0.05) is 6.07 Å². The number of anilines is 1.